The predicted octanol–water partition coefficient (Wildman–Crippen LogP) is -1.68. The van der Waals surface area contributed by atoms with Crippen molar-refractivity contribution in [1.82, 2.24) is 13.6 Å². The van der Waals surface area contributed by atoms with E-state index in [9.17, 15) is 14.4 Å². The standard InChI is InChI=1S/C3HCl2N3O3.Na/c4-7-2(10)1(9)3(11)8(5)6-7;/h6H;. The van der Waals surface area contributed by atoms with Crippen molar-refractivity contribution in [3.05, 3.63) is 30.9 Å². The van der Waals surface area contributed by atoms with E-state index in [2.05, 4.69) is 0 Å². The van der Waals surface area contributed by atoms with Crippen LogP contribution in [0.15, 0.2) is 14.4 Å². The molecule has 1 rings (SSSR count). The molecule has 0 aliphatic carbocycles. The van der Waals surface area contributed by atoms with E-state index in [-0.39, 0.29) is 38.0 Å². The number of nitrogens with one attached hydrogen (secondary N) is 1. The molecule has 1 aromatic heterocycles. The van der Waals surface area contributed by atoms with E-state index in [0.717, 1.165) is 0 Å². The van der Waals surface area contributed by atoms with Crippen LogP contribution in [-0.2, 0) is 0 Å². The molecule has 0 bridgehead atoms. The SMILES string of the molecule is O=c1c(=O)n(Cl)[nH]n(Cl)c1=O.[Na]. The van der Waals surface area contributed by atoms with Crippen LogP contribution < -0.4 is 16.5 Å². The van der Waals surface area contributed by atoms with Crippen LogP contribution in [-0.4, -0.2) is 43.2 Å². The fourth-order valence-electron chi connectivity index (χ4n) is 0.438. The third kappa shape index (κ3) is 2.02. The van der Waals surface area contributed by atoms with Crippen LogP contribution in [0, 0.1) is 0 Å². The molecule has 1 aromatic rings. The third-order valence-corrected chi connectivity index (χ3v) is 1.38. The van der Waals surface area contributed by atoms with Gasteiger partial charge in [0, 0.05) is 53.1 Å². The molecule has 0 saturated carbocycles. The van der Waals surface area contributed by atoms with Gasteiger partial charge in [-0.15, -0.1) is 8.40 Å². The van der Waals surface area contributed by atoms with E-state index in [1.54, 1.807) is 0 Å². The van der Waals surface area contributed by atoms with Crippen LogP contribution in [0.3, 0.4) is 0 Å². The first-order chi connectivity index (χ1) is 5.04. The van der Waals surface area contributed by atoms with Crippen molar-refractivity contribution >= 4 is 53.1 Å². The van der Waals surface area contributed by atoms with Gasteiger partial charge in [0.05, 0.1) is 0 Å². The van der Waals surface area contributed by atoms with Crippen molar-refractivity contribution in [3.63, 3.8) is 0 Å². The molecule has 0 atom stereocenters. The summed E-state index contributed by atoms with van der Waals surface area (Å²) in [7, 11) is 0. The summed E-state index contributed by atoms with van der Waals surface area (Å²) in [6, 6.07) is 0. The topological polar surface area (TPSA) is 76.9 Å². The van der Waals surface area contributed by atoms with E-state index in [1.807, 2.05) is 5.21 Å². The van der Waals surface area contributed by atoms with Gasteiger partial charge >= 0.3 is 16.5 Å². The van der Waals surface area contributed by atoms with Crippen molar-refractivity contribution < 1.29 is 0 Å². The maximum absolute atomic E-state index is 10.6. The fraction of sp³-hybridized carbons (Fsp3) is 0. The first-order valence-electron chi connectivity index (χ1n) is 2.34. The molecule has 0 aromatic carbocycles. The van der Waals surface area contributed by atoms with Gasteiger partial charge in [0.2, 0.25) is 0 Å². The third-order valence-electron chi connectivity index (χ3n) is 0.921. The van der Waals surface area contributed by atoms with Gasteiger partial charge in [-0.2, -0.15) is 0 Å². The molecule has 12 heavy (non-hydrogen) atoms. The Bertz CT molecular complexity index is 408. The van der Waals surface area contributed by atoms with Gasteiger partial charge < -0.3 is 0 Å². The number of nitrogens with zero attached hydrogens (tertiary/aromatic N) is 2. The van der Waals surface area contributed by atoms with Crippen LogP contribution in [0.5, 0.6) is 0 Å². The van der Waals surface area contributed by atoms with Crippen LogP contribution in [0.1, 0.15) is 0 Å². The Morgan fingerprint density at radius 3 is 1.67 bits per heavy atom. The smallest absolute Gasteiger partial charge is 0.277 e. The summed E-state index contributed by atoms with van der Waals surface area (Å²) in [5.74, 6) is 0. The number of halogens is 2. The van der Waals surface area contributed by atoms with Crippen molar-refractivity contribution in [3.8, 4) is 0 Å². The van der Waals surface area contributed by atoms with Crippen molar-refractivity contribution in [1.29, 1.82) is 0 Å². The molecule has 0 spiro atoms. The molecule has 0 aliphatic rings. The normalized spacial score (nSPS) is 9.17. The molecule has 0 fully saturated rings. The molecule has 0 amide bonds. The molecule has 0 saturated heterocycles. The fourth-order valence-corrected chi connectivity index (χ4v) is 0.781. The van der Waals surface area contributed by atoms with Crippen LogP contribution in [0.4, 0.5) is 0 Å². The summed E-state index contributed by atoms with van der Waals surface area (Å²) in [5.41, 5.74) is -3.60. The van der Waals surface area contributed by atoms with E-state index in [1.165, 1.54) is 0 Å². The summed E-state index contributed by atoms with van der Waals surface area (Å²) in [6.07, 6.45) is 0. The Kier molecular flexibility index (Phi) is 4.29. The van der Waals surface area contributed by atoms with Crippen LogP contribution in [0.25, 0.3) is 0 Å². The molecule has 1 heterocycles. The first-order valence-corrected chi connectivity index (χ1v) is 3.02. The minimum atomic E-state index is -1.28. The van der Waals surface area contributed by atoms with E-state index in [0.29, 0.717) is 0 Å². The van der Waals surface area contributed by atoms with E-state index < -0.39 is 16.5 Å². The van der Waals surface area contributed by atoms with Crippen LogP contribution in [0.2, 0.25) is 0 Å². The number of hydrogen-bond donors (Lipinski definition) is 1. The van der Waals surface area contributed by atoms with E-state index in [4.69, 9.17) is 23.6 Å². The van der Waals surface area contributed by atoms with E-state index >= 15 is 0 Å². The number of hydrogen-bond acceptors (Lipinski definition) is 3. The quantitative estimate of drug-likeness (QED) is 0.420. The Hall–Kier alpha value is -0.0100. The maximum atomic E-state index is 10.6. The first kappa shape index (κ1) is 12.0. The van der Waals surface area contributed by atoms with Crippen molar-refractivity contribution in [2.45, 2.75) is 0 Å². The van der Waals surface area contributed by atoms with Crippen LogP contribution >= 0.6 is 23.6 Å². The summed E-state index contributed by atoms with van der Waals surface area (Å²) < 4.78 is 0.577. The molecule has 1 N–H and O–H groups in total. The predicted molar refractivity (Wildman–Crippen MR) is 43.8 cm³/mol. The zero-order valence-corrected chi connectivity index (χ0v) is 9.39. The second-order valence-corrected chi connectivity index (χ2v) is 2.28. The minimum absolute atomic E-state index is 0. The van der Waals surface area contributed by atoms with Gasteiger partial charge in [-0.05, 0) is 0 Å². The monoisotopic (exact) mass is 220 g/mol. The molecule has 9 heteroatoms. The average Bonchev–Trinajstić information content (AvgIpc) is 1.97. The number of aromatic nitrogens is 3. The number of H-pyrrole nitrogens is 1. The minimum Gasteiger partial charge on any atom is -0.277 e. The Balaban J connectivity index is 0.00000121. The van der Waals surface area contributed by atoms with Gasteiger partial charge in [0.25, 0.3) is 0 Å². The molecular weight excluding hydrogens is 220 g/mol. The van der Waals surface area contributed by atoms with Crippen molar-refractivity contribution in [2.24, 2.45) is 0 Å². The largest absolute Gasteiger partial charge is 0.335 e. The molecule has 0 unspecified atom stereocenters. The van der Waals surface area contributed by atoms with Gasteiger partial charge in [-0.25, -0.2) is 5.21 Å². The summed E-state index contributed by atoms with van der Waals surface area (Å²) >= 11 is 10.2. The van der Waals surface area contributed by atoms with Crippen molar-refractivity contribution in [2.75, 3.05) is 0 Å². The molecular formula is C3HCl2N3NaO3. The second-order valence-electron chi connectivity index (χ2n) is 1.60. The summed E-state index contributed by atoms with van der Waals surface area (Å²) in [5, 5.41) is 1.89. The molecule has 0 aliphatic heterocycles. The number of aromatic amines is 1. The summed E-state index contributed by atoms with van der Waals surface area (Å²) in [6.45, 7) is 0. The number of rotatable bonds is 0. The molecule has 6 nitrogen and oxygen atoms in total. The van der Waals surface area contributed by atoms with Gasteiger partial charge in [0.15, 0.2) is 0 Å². The zero-order valence-electron chi connectivity index (χ0n) is 5.88. The Morgan fingerprint density at radius 2 is 1.33 bits per heavy atom. The zero-order chi connectivity index (χ0) is 8.59. The Morgan fingerprint density at radius 1 is 1.00 bits per heavy atom. The summed E-state index contributed by atoms with van der Waals surface area (Å²) in [4.78, 5) is 31.7. The maximum Gasteiger partial charge on any atom is 0.335 e. The molecule has 61 valence electrons. The van der Waals surface area contributed by atoms with Gasteiger partial charge in [-0.3, -0.25) is 14.4 Å². The molecule has 1 radical (unpaired) electrons. The Labute approximate surface area is 97.2 Å². The average molecular weight is 221 g/mol. The second kappa shape index (κ2) is 4.29. The van der Waals surface area contributed by atoms with Gasteiger partial charge in [-0.1, -0.05) is 0 Å². The van der Waals surface area contributed by atoms with Gasteiger partial charge in [0.1, 0.15) is 0 Å².